The number of hydrogen-bond acceptors (Lipinski definition) is 5. The highest BCUT2D eigenvalue weighted by Crippen LogP contribution is 2.32. The van der Waals surface area contributed by atoms with E-state index in [2.05, 4.69) is 67.2 Å². The number of rotatable bonds is 12. The van der Waals surface area contributed by atoms with Gasteiger partial charge in [-0.1, -0.05) is 49.7 Å². The van der Waals surface area contributed by atoms with E-state index in [9.17, 15) is 4.39 Å². The number of allylic oxidation sites excluding steroid dienone is 2. The van der Waals surface area contributed by atoms with Crippen molar-refractivity contribution >= 4 is 23.1 Å². The molecule has 4 unspecified atom stereocenters. The number of dihydropyridines is 1. The molecule has 3 aliphatic heterocycles. The van der Waals surface area contributed by atoms with Gasteiger partial charge in [-0.2, -0.15) is 0 Å². The number of halogens is 2. The predicted octanol–water partition coefficient (Wildman–Crippen LogP) is 7.83. The van der Waals surface area contributed by atoms with Crippen molar-refractivity contribution < 1.29 is 4.39 Å². The van der Waals surface area contributed by atoms with Crippen LogP contribution in [0.5, 0.6) is 0 Å². The molecule has 228 valence electrons. The van der Waals surface area contributed by atoms with E-state index >= 15 is 0 Å². The molecule has 0 aliphatic carbocycles. The van der Waals surface area contributed by atoms with E-state index in [0.29, 0.717) is 35.3 Å². The molecule has 0 amide bonds. The molecule has 1 fully saturated rings. The Bertz CT molecular complexity index is 1410. The summed E-state index contributed by atoms with van der Waals surface area (Å²) in [5.74, 6) is 1.74. The molecule has 4 atom stereocenters. The zero-order chi connectivity index (χ0) is 30.5. The first-order valence-electron chi connectivity index (χ1n) is 15.8. The van der Waals surface area contributed by atoms with Gasteiger partial charge in [0.25, 0.3) is 0 Å². The van der Waals surface area contributed by atoms with Gasteiger partial charge in [-0.3, -0.25) is 19.9 Å². The van der Waals surface area contributed by atoms with Crippen LogP contribution in [0.4, 0.5) is 4.39 Å². The third-order valence-electron chi connectivity index (χ3n) is 9.14. The van der Waals surface area contributed by atoms with Crippen molar-refractivity contribution in [3.05, 3.63) is 101 Å². The van der Waals surface area contributed by atoms with E-state index in [0.717, 1.165) is 73.8 Å². The SMILES string of the molecule is C=CC(CCC)CN1C(C(C)N2CCC(c3cccc(CCc4cc(Cl)ccc4F)n3)CC2)=NC2C=CC(C(=C)C)=NC21. The highest BCUT2D eigenvalue weighted by atomic mass is 35.5. The number of amidine groups is 1. The van der Waals surface area contributed by atoms with Crippen LogP contribution in [0.2, 0.25) is 5.02 Å². The molecule has 5 nitrogen and oxygen atoms in total. The number of piperidine rings is 1. The molecule has 5 rings (SSSR count). The highest BCUT2D eigenvalue weighted by Gasteiger charge is 2.41. The van der Waals surface area contributed by atoms with Gasteiger partial charge in [-0.05, 0) is 113 Å². The van der Waals surface area contributed by atoms with Gasteiger partial charge in [0.05, 0.1) is 11.8 Å². The van der Waals surface area contributed by atoms with Crippen LogP contribution >= 0.6 is 11.6 Å². The molecule has 1 saturated heterocycles. The molecule has 2 aromatic rings. The first-order chi connectivity index (χ1) is 20.8. The summed E-state index contributed by atoms with van der Waals surface area (Å²) in [5, 5.41) is 0.562. The second-order valence-corrected chi connectivity index (χ2v) is 12.7. The number of aliphatic imine (C=N–C) groups is 2. The molecule has 0 radical (unpaired) electrons. The number of pyridine rings is 1. The zero-order valence-corrected chi connectivity index (χ0v) is 26.6. The third-order valence-corrected chi connectivity index (χ3v) is 9.38. The van der Waals surface area contributed by atoms with E-state index in [1.807, 2.05) is 13.0 Å². The van der Waals surface area contributed by atoms with E-state index in [1.165, 1.54) is 6.07 Å². The molecule has 43 heavy (non-hydrogen) atoms. The van der Waals surface area contributed by atoms with Crippen LogP contribution in [0, 0.1) is 11.7 Å². The lowest BCUT2D eigenvalue weighted by Crippen LogP contribution is -2.51. The number of fused-ring (bicyclic) bond motifs is 1. The van der Waals surface area contributed by atoms with Crippen LogP contribution < -0.4 is 0 Å². The van der Waals surface area contributed by atoms with Crippen LogP contribution in [0.3, 0.4) is 0 Å². The maximum atomic E-state index is 14.2. The fourth-order valence-electron chi connectivity index (χ4n) is 6.59. The maximum absolute atomic E-state index is 14.2. The predicted molar refractivity (Wildman–Crippen MR) is 178 cm³/mol. The van der Waals surface area contributed by atoms with Crippen molar-refractivity contribution in [2.75, 3.05) is 19.6 Å². The summed E-state index contributed by atoms with van der Waals surface area (Å²) >= 11 is 6.09. The maximum Gasteiger partial charge on any atom is 0.149 e. The monoisotopic (exact) mass is 601 g/mol. The Morgan fingerprint density at radius 2 is 1.95 bits per heavy atom. The average molecular weight is 602 g/mol. The Labute approximate surface area is 262 Å². The fourth-order valence-corrected chi connectivity index (χ4v) is 6.79. The van der Waals surface area contributed by atoms with Crippen molar-refractivity contribution in [2.24, 2.45) is 15.9 Å². The first kappa shape index (κ1) is 31.3. The minimum Gasteiger partial charge on any atom is -0.334 e. The van der Waals surface area contributed by atoms with Gasteiger partial charge < -0.3 is 4.90 Å². The quantitative estimate of drug-likeness (QED) is 0.233. The van der Waals surface area contributed by atoms with Gasteiger partial charge in [0, 0.05) is 28.9 Å². The molecule has 4 heterocycles. The van der Waals surface area contributed by atoms with E-state index in [-0.39, 0.29) is 24.1 Å². The average Bonchev–Trinajstić information content (AvgIpc) is 3.38. The van der Waals surface area contributed by atoms with E-state index in [1.54, 1.807) is 12.1 Å². The lowest BCUT2D eigenvalue weighted by atomic mass is 9.91. The van der Waals surface area contributed by atoms with Crippen LogP contribution in [0.25, 0.3) is 0 Å². The number of aryl methyl sites for hydroxylation is 2. The summed E-state index contributed by atoms with van der Waals surface area (Å²) in [7, 11) is 0. The van der Waals surface area contributed by atoms with Crippen molar-refractivity contribution in [3.8, 4) is 0 Å². The number of hydrogen-bond donors (Lipinski definition) is 0. The van der Waals surface area contributed by atoms with Gasteiger partial charge in [-0.25, -0.2) is 4.39 Å². The van der Waals surface area contributed by atoms with Crippen LogP contribution in [0.1, 0.15) is 69.3 Å². The third kappa shape index (κ3) is 7.35. The summed E-state index contributed by atoms with van der Waals surface area (Å²) in [4.78, 5) is 20.4. The molecular formula is C36H45ClFN5. The molecule has 0 bridgehead atoms. The minimum atomic E-state index is -0.212. The van der Waals surface area contributed by atoms with Crippen molar-refractivity contribution in [1.82, 2.24) is 14.8 Å². The first-order valence-corrected chi connectivity index (χ1v) is 16.2. The van der Waals surface area contributed by atoms with Crippen LogP contribution in [-0.4, -0.2) is 64.2 Å². The standard InChI is InChI=1S/C36H45ClFN5/c1-6-9-26(7-2)23-43-35(41-34-17-16-32(24(3)4)40-36(34)43)25(5)42-20-18-27(19-21-42)33-11-8-10-30(39-33)14-12-28-22-29(37)13-15-31(28)38/h7-8,10-11,13,15-17,22,25-27,34,36H,2-3,6,9,12,14,18-21,23H2,1,4-5H3. The summed E-state index contributed by atoms with van der Waals surface area (Å²) in [6, 6.07) is 11.3. The second-order valence-electron chi connectivity index (χ2n) is 12.3. The van der Waals surface area contributed by atoms with Gasteiger partial charge in [0.15, 0.2) is 0 Å². The Kier molecular flexibility index (Phi) is 10.3. The highest BCUT2D eigenvalue weighted by molar-refractivity contribution is 6.30. The van der Waals surface area contributed by atoms with Gasteiger partial charge in [0.2, 0.25) is 0 Å². The molecule has 0 saturated carbocycles. The van der Waals surface area contributed by atoms with Crippen molar-refractivity contribution in [1.29, 1.82) is 0 Å². The Morgan fingerprint density at radius 1 is 1.16 bits per heavy atom. The number of likely N-dealkylation sites (tertiary alicyclic amines) is 1. The molecule has 1 aromatic carbocycles. The minimum absolute atomic E-state index is 0.0154. The summed E-state index contributed by atoms with van der Waals surface area (Å²) < 4.78 is 14.2. The summed E-state index contributed by atoms with van der Waals surface area (Å²) in [6.07, 6.45) is 12.0. The summed E-state index contributed by atoms with van der Waals surface area (Å²) in [6.45, 7) is 17.7. The lowest BCUT2D eigenvalue weighted by molar-refractivity contribution is 0.181. The number of benzene rings is 1. The molecule has 0 N–H and O–H groups in total. The zero-order valence-electron chi connectivity index (χ0n) is 25.9. The van der Waals surface area contributed by atoms with Gasteiger partial charge in [0.1, 0.15) is 23.9 Å². The lowest BCUT2D eigenvalue weighted by Gasteiger charge is -2.39. The van der Waals surface area contributed by atoms with Crippen molar-refractivity contribution in [2.45, 2.75) is 83.5 Å². The molecule has 1 aromatic heterocycles. The van der Waals surface area contributed by atoms with Crippen molar-refractivity contribution in [3.63, 3.8) is 0 Å². The Balaban J connectivity index is 1.24. The Hall–Kier alpha value is -3.09. The summed E-state index contributed by atoms with van der Waals surface area (Å²) in [5.41, 5.74) is 4.73. The number of aromatic nitrogens is 1. The van der Waals surface area contributed by atoms with Crippen LogP contribution in [0.15, 0.2) is 83.3 Å². The Morgan fingerprint density at radius 3 is 2.67 bits per heavy atom. The fraction of sp³-hybridized carbons (Fsp3) is 0.472. The normalized spacial score (nSPS) is 22.1. The second kappa shape index (κ2) is 14.1. The van der Waals surface area contributed by atoms with Gasteiger partial charge >= 0.3 is 0 Å². The molecule has 3 aliphatic rings. The number of nitrogens with zero attached hydrogens (tertiary/aromatic N) is 5. The van der Waals surface area contributed by atoms with E-state index in [4.69, 9.17) is 26.6 Å². The topological polar surface area (TPSA) is 44.1 Å². The van der Waals surface area contributed by atoms with Crippen LogP contribution in [-0.2, 0) is 12.8 Å². The molecule has 0 spiro atoms. The van der Waals surface area contributed by atoms with Gasteiger partial charge in [-0.15, -0.1) is 6.58 Å². The smallest absolute Gasteiger partial charge is 0.149 e. The molecule has 7 heteroatoms. The largest absolute Gasteiger partial charge is 0.334 e. The molecular weight excluding hydrogens is 557 g/mol. The van der Waals surface area contributed by atoms with E-state index < -0.39 is 0 Å².